The van der Waals surface area contributed by atoms with Crippen LogP contribution < -0.4 is 4.43 Å². The molecule has 4 aliphatic carbocycles. The zero-order valence-corrected chi connectivity index (χ0v) is 29.1. The molecule has 1 spiro atoms. The largest absolute Gasteiger partial charge is 0.547 e. The van der Waals surface area contributed by atoms with Gasteiger partial charge >= 0.3 is 0 Å². The van der Waals surface area contributed by atoms with E-state index in [2.05, 4.69) is 96.8 Å². The maximum absolute atomic E-state index is 6.85. The minimum atomic E-state index is -1.88. The van der Waals surface area contributed by atoms with Crippen LogP contribution >= 0.6 is 0 Å². The third-order valence-electron chi connectivity index (χ3n) is 11.7. The van der Waals surface area contributed by atoms with Gasteiger partial charge < -0.3 is 18.3 Å². The number of rotatable bonds is 5. The van der Waals surface area contributed by atoms with E-state index in [1.807, 2.05) is 0 Å². The Bertz CT molecular complexity index is 1200. The van der Waals surface area contributed by atoms with Crippen molar-refractivity contribution in [3.63, 3.8) is 0 Å². The molecule has 1 aromatic carbocycles. The molecule has 1 saturated heterocycles. The average molecular weight is 595 g/mol. The summed E-state index contributed by atoms with van der Waals surface area (Å²) in [6, 6.07) is 9.33. The van der Waals surface area contributed by atoms with Crippen LogP contribution in [0.5, 0.6) is 5.75 Å². The van der Waals surface area contributed by atoms with Crippen LogP contribution in [0.15, 0.2) is 47.7 Å². The molecule has 1 aromatic rings. The smallest absolute Gasteiger partial charge is 0.250 e. The molecule has 0 amide bonds. The maximum atomic E-state index is 6.85. The lowest BCUT2D eigenvalue weighted by atomic mass is 9.48. The quantitative estimate of drug-likeness (QED) is 0.251. The van der Waals surface area contributed by atoms with Crippen LogP contribution in [0.25, 0.3) is 0 Å². The van der Waals surface area contributed by atoms with Crippen LogP contribution in [-0.4, -0.2) is 35.6 Å². The first-order valence-electron chi connectivity index (χ1n) is 16.3. The number of benzene rings is 1. The summed E-state index contributed by atoms with van der Waals surface area (Å²) in [5.41, 5.74) is 3.19. The molecule has 0 bridgehead atoms. The number of allylic oxidation sites excluding steroid dienone is 3. The molecule has 6 rings (SSSR count). The van der Waals surface area contributed by atoms with Gasteiger partial charge in [0.2, 0.25) is 16.6 Å². The molecular weight excluding hydrogens is 541 g/mol. The topological polar surface area (TPSA) is 36.9 Å². The zero-order valence-electron chi connectivity index (χ0n) is 27.1. The van der Waals surface area contributed by atoms with Crippen LogP contribution in [-0.2, 0) is 13.9 Å². The minimum Gasteiger partial charge on any atom is -0.547 e. The predicted molar refractivity (Wildman–Crippen MR) is 172 cm³/mol. The van der Waals surface area contributed by atoms with E-state index in [4.69, 9.17) is 18.3 Å². The van der Waals surface area contributed by atoms with Crippen molar-refractivity contribution in [3.05, 3.63) is 53.3 Å². The van der Waals surface area contributed by atoms with Crippen molar-refractivity contribution in [1.82, 2.24) is 0 Å². The van der Waals surface area contributed by atoms with Crippen molar-refractivity contribution in [2.75, 3.05) is 13.2 Å². The average Bonchev–Trinajstić information content (AvgIpc) is 3.46. The molecule has 0 aromatic heterocycles. The van der Waals surface area contributed by atoms with Crippen LogP contribution in [0.1, 0.15) is 77.7 Å². The van der Waals surface area contributed by atoms with Gasteiger partial charge in [0.05, 0.1) is 19.0 Å². The van der Waals surface area contributed by atoms with Crippen LogP contribution in [0.4, 0.5) is 0 Å². The molecule has 1 heterocycles. The molecule has 0 radical (unpaired) electrons. The zero-order chi connectivity index (χ0) is 29.4. The van der Waals surface area contributed by atoms with Gasteiger partial charge in [-0.1, -0.05) is 51.5 Å². The summed E-state index contributed by atoms with van der Waals surface area (Å²) < 4.78 is 26.0. The van der Waals surface area contributed by atoms with E-state index >= 15 is 0 Å². The van der Waals surface area contributed by atoms with Crippen molar-refractivity contribution in [1.29, 1.82) is 0 Å². The lowest BCUT2D eigenvalue weighted by Crippen LogP contribution is -2.51. The van der Waals surface area contributed by atoms with Crippen molar-refractivity contribution >= 4 is 16.6 Å². The highest BCUT2D eigenvalue weighted by molar-refractivity contribution is 6.74. The van der Waals surface area contributed by atoms with E-state index in [1.54, 1.807) is 5.57 Å². The summed E-state index contributed by atoms with van der Waals surface area (Å²) >= 11 is 0. The second-order valence-electron chi connectivity index (χ2n) is 16.5. The Balaban J connectivity index is 1.34. The Morgan fingerprint density at radius 1 is 0.878 bits per heavy atom. The van der Waals surface area contributed by atoms with Gasteiger partial charge in [0.15, 0.2) is 5.79 Å². The normalized spacial score (nSPS) is 34.8. The first-order chi connectivity index (χ1) is 19.1. The van der Waals surface area contributed by atoms with Gasteiger partial charge in [-0.25, -0.2) is 0 Å². The van der Waals surface area contributed by atoms with Crippen molar-refractivity contribution in [2.24, 2.45) is 29.1 Å². The highest BCUT2D eigenvalue weighted by Crippen LogP contribution is 2.66. The summed E-state index contributed by atoms with van der Waals surface area (Å²) in [5.74, 6) is 5.07. The van der Waals surface area contributed by atoms with E-state index in [0.29, 0.717) is 29.6 Å². The summed E-state index contributed by atoms with van der Waals surface area (Å²) in [6.07, 6.45) is 11.7. The fourth-order valence-electron chi connectivity index (χ4n) is 8.71. The summed E-state index contributed by atoms with van der Waals surface area (Å²) in [7, 11) is -3.59. The second kappa shape index (κ2) is 10.1. The lowest BCUT2D eigenvalue weighted by Gasteiger charge is -2.57. The summed E-state index contributed by atoms with van der Waals surface area (Å²) in [6.45, 7) is 22.6. The monoisotopic (exact) mass is 594 g/mol. The Hall–Kier alpha value is -1.35. The Kier molecular flexibility index (Phi) is 7.32. The van der Waals surface area contributed by atoms with Gasteiger partial charge in [-0.3, -0.25) is 0 Å². The standard InChI is InChI=1S/C35H54O4Si2/c1-33(2,3)41(8,9)38-26-13-10-24(11-14-26)29-23-34(4)30(16-17-31(34)39-40(5,6)7)28-15-12-25-22-35(36-20-21-37-35)19-18-27(25)32(28)29/h10-14,17,27-30,32H,15-16,18-23H2,1-9H3/t27-,28-,29+,30-,32+,34-/m0/s1. The van der Waals surface area contributed by atoms with Gasteiger partial charge in [-0.05, 0) is 117 Å². The number of ether oxygens (including phenoxy) is 2. The Labute approximate surface area is 251 Å². The van der Waals surface area contributed by atoms with Crippen molar-refractivity contribution in [3.8, 4) is 5.75 Å². The van der Waals surface area contributed by atoms with E-state index in [-0.39, 0.29) is 16.2 Å². The van der Waals surface area contributed by atoms with Gasteiger partial charge in [0, 0.05) is 18.3 Å². The first-order valence-corrected chi connectivity index (χ1v) is 22.6. The molecule has 0 unspecified atom stereocenters. The van der Waals surface area contributed by atoms with Gasteiger partial charge in [-0.15, -0.1) is 0 Å². The van der Waals surface area contributed by atoms with E-state index < -0.39 is 16.6 Å². The third kappa shape index (κ3) is 5.34. The predicted octanol–water partition coefficient (Wildman–Crippen LogP) is 9.43. The molecule has 0 N–H and O–H groups in total. The van der Waals surface area contributed by atoms with Gasteiger partial charge in [-0.2, -0.15) is 0 Å². The molecule has 3 fully saturated rings. The second-order valence-corrected chi connectivity index (χ2v) is 25.6. The lowest BCUT2D eigenvalue weighted by molar-refractivity contribution is -0.176. The number of hydrogen-bond acceptors (Lipinski definition) is 4. The highest BCUT2D eigenvalue weighted by Gasteiger charge is 2.59. The van der Waals surface area contributed by atoms with Crippen LogP contribution in [0.2, 0.25) is 37.8 Å². The minimum absolute atomic E-state index is 0.0985. The fourth-order valence-corrected chi connectivity index (χ4v) is 10.7. The van der Waals surface area contributed by atoms with Gasteiger partial charge in [0.25, 0.3) is 0 Å². The summed E-state index contributed by atoms with van der Waals surface area (Å²) in [5, 5.41) is 0.184. The molecule has 6 atom stereocenters. The molecular formula is C35H54O4Si2. The van der Waals surface area contributed by atoms with Gasteiger partial charge in [0.1, 0.15) is 5.75 Å². The molecule has 226 valence electrons. The molecule has 6 heteroatoms. The molecule has 41 heavy (non-hydrogen) atoms. The highest BCUT2D eigenvalue weighted by atomic mass is 28.4. The number of hydrogen-bond donors (Lipinski definition) is 0. The molecule has 1 aliphatic heterocycles. The van der Waals surface area contributed by atoms with Crippen LogP contribution in [0.3, 0.4) is 0 Å². The molecule has 2 saturated carbocycles. The van der Waals surface area contributed by atoms with E-state index in [1.165, 1.54) is 30.6 Å². The maximum Gasteiger partial charge on any atom is 0.250 e. The summed E-state index contributed by atoms with van der Waals surface area (Å²) in [4.78, 5) is 0. The Morgan fingerprint density at radius 3 is 2.20 bits per heavy atom. The first kappa shape index (κ1) is 29.7. The fraction of sp³-hybridized carbons (Fsp3) is 0.714. The Morgan fingerprint density at radius 2 is 1.56 bits per heavy atom. The van der Waals surface area contributed by atoms with Crippen LogP contribution in [0, 0.1) is 29.1 Å². The SMILES string of the molecule is CC(C)(C)[Si](C)(C)Oc1ccc([C@H]2C[C@]3(C)C(O[Si](C)(C)C)=CC[C@H]3[C@@H]3CC=C4CC5(CC[C@@H]4[C@H]32)OCCO5)cc1. The molecule has 4 nitrogen and oxygen atoms in total. The van der Waals surface area contributed by atoms with Crippen molar-refractivity contribution in [2.45, 2.75) is 116 Å². The number of fused-ring (bicyclic) bond motifs is 5. The third-order valence-corrected chi connectivity index (χ3v) is 16.9. The van der Waals surface area contributed by atoms with E-state index in [9.17, 15) is 0 Å². The van der Waals surface area contributed by atoms with Crippen molar-refractivity contribution < 1.29 is 18.3 Å². The van der Waals surface area contributed by atoms with E-state index in [0.717, 1.165) is 38.2 Å². The molecule has 5 aliphatic rings.